The number of nitrogens with one attached hydrogen (secondary N) is 1. The Morgan fingerprint density at radius 3 is 2.71 bits per heavy atom. The molecule has 3 rings (SSSR count). The van der Waals surface area contributed by atoms with Gasteiger partial charge < -0.3 is 14.8 Å². The maximum Gasteiger partial charge on any atom is 0.230 e. The molecular formula is C18H16FN3O2. The van der Waals surface area contributed by atoms with Crippen LogP contribution in [0.4, 0.5) is 16.0 Å². The topological polar surface area (TPSA) is 56.3 Å². The monoisotopic (exact) mass is 325 g/mol. The molecule has 6 heteroatoms. The molecule has 24 heavy (non-hydrogen) atoms. The first kappa shape index (κ1) is 15.9. The van der Waals surface area contributed by atoms with Crippen molar-refractivity contribution in [1.82, 2.24) is 9.97 Å². The number of halogens is 1. The van der Waals surface area contributed by atoms with E-state index in [-0.39, 0.29) is 5.82 Å². The fraction of sp³-hybridized carbons (Fsp3) is 0.111. The Kier molecular flexibility index (Phi) is 4.98. The Morgan fingerprint density at radius 2 is 1.92 bits per heavy atom. The highest BCUT2D eigenvalue weighted by Gasteiger charge is 2.04. The van der Waals surface area contributed by atoms with Crippen LogP contribution in [0.5, 0.6) is 11.6 Å². The Bertz CT molecular complexity index is 809. The third kappa shape index (κ3) is 4.27. The molecule has 3 aromatic rings. The zero-order valence-corrected chi connectivity index (χ0v) is 13.1. The molecule has 1 aromatic heterocycles. The number of hydrogen-bond acceptors (Lipinski definition) is 5. The molecule has 0 amide bonds. The highest BCUT2D eigenvalue weighted by atomic mass is 19.1. The fourth-order valence-corrected chi connectivity index (χ4v) is 2.12. The summed E-state index contributed by atoms with van der Waals surface area (Å²) in [6.45, 7) is 0.532. The summed E-state index contributed by atoms with van der Waals surface area (Å²) < 4.78 is 23.6. The maximum absolute atomic E-state index is 12.9. The molecule has 1 N–H and O–H groups in total. The molecule has 0 aliphatic heterocycles. The van der Waals surface area contributed by atoms with Crippen molar-refractivity contribution in [3.63, 3.8) is 0 Å². The number of aromatic nitrogens is 2. The van der Waals surface area contributed by atoms with Gasteiger partial charge in [0.2, 0.25) is 11.8 Å². The summed E-state index contributed by atoms with van der Waals surface area (Å²) in [5, 5.41) is 3.12. The van der Waals surface area contributed by atoms with Gasteiger partial charge in [0.1, 0.15) is 11.6 Å². The predicted molar refractivity (Wildman–Crippen MR) is 88.9 cm³/mol. The summed E-state index contributed by atoms with van der Waals surface area (Å²) in [4.78, 5) is 8.46. The Morgan fingerprint density at radius 1 is 1.08 bits per heavy atom. The molecule has 0 aliphatic rings. The van der Waals surface area contributed by atoms with Gasteiger partial charge in [0.25, 0.3) is 0 Å². The van der Waals surface area contributed by atoms with Crippen molar-refractivity contribution < 1.29 is 13.9 Å². The molecule has 0 unspecified atom stereocenters. The molecular weight excluding hydrogens is 309 g/mol. The number of methoxy groups -OCH3 is 1. The minimum absolute atomic E-state index is 0.316. The van der Waals surface area contributed by atoms with Crippen molar-refractivity contribution in [2.24, 2.45) is 0 Å². The van der Waals surface area contributed by atoms with Crippen LogP contribution in [0.3, 0.4) is 0 Å². The van der Waals surface area contributed by atoms with Crippen molar-refractivity contribution in [2.45, 2.75) is 6.61 Å². The van der Waals surface area contributed by atoms with Crippen LogP contribution in [0.2, 0.25) is 0 Å². The molecule has 5 nitrogen and oxygen atoms in total. The number of hydrogen-bond donors (Lipinski definition) is 1. The van der Waals surface area contributed by atoms with Gasteiger partial charge in [-0.15, -0.1) is 0 Å². The van der Waals surface area contributed by atoms with E-state index >= 15 is 0 Å². The predicted octanol–water partition coefficient (Wildman–Crippen LogP) is 4.30. The Balaban J connectivity index is 1.73. The van der Waals surface area contributed by atoms with Crippen LogP contribution in [0.25, 0.3) is 0 Å². The van der Waals surface area contributed by atoms with Crippen molar-refractivity contribution in [3.05, 3.63) is 72.2 Å². The zero-order chi connectivity index (χ0) is 16.8. The summed E-state index contributed by atoms with van der Waals surface area (Å²) in [7, 11) is 1.65. The molecule has 0 radical (unpaired) electrons. The van der Waals surface area contributed by atoms with Crippen molar-refractivity contribution in [3.8, 4) is 11.6 Å². The van der Waals surface area contributed by atoms with Crippen LogP contribution in [-0.4, -0.2) is 17.1 Å². The number of nitrogens with zero attached hydrogens (tertiary/aromatic N) is 2. The van der Waals surface area contributed by atoms with Gasteiger partial charge in [0.05, 0.1) is 6.61 Å². The van der Waals surface area contributed by atoms with E-state index in [2.05, 4.69) is 15.3 Å². The number of benzene rings is 2. The normalized spacial score (nSPS) is 10.4. The second-order valence-corrected chi connectivity index (χ2v) is 5.03. The molecule has 0 bridgehead atoms. The fourth-order valence-electron chi connectivity index (χ4n) is 2.12. The van der Waals surface area contributed by atoms with Gasteiger partial charge >= 0.3 is 0 Å². The second-order valence-electron chi connectivity index (χ2n) is 5.03. The molecule has 1 heterocycles. The summed E-state index contributed by atoms with van der Waals surface area (Å²) >= 11 is 0. The maximum atomic E-state index is 12.9. The van der Waals surface area contributed by atoms with Crippen molar-refractivity contribution in [2.75, 3.05) is 12.4 Å². The van der Waals surface area contributed by atoms with Crippen LogP contribution in [0, 0.1) is 5.82 Å². The first-order valence-corrected chi connectivity index (χ1v) is 7.34. The van der Waals surface area contributed by atoms with E-state index in [1.807, 2.05) is 24.3 Å². The van der Waals surface area contributed by atoms with E-state index in [1.54, 1.807) is 31.5 Å². The number of anilines is 2. The molecule has 0 saturated heterocycles. The summed E-state index contributed by atoms with van der Waals surface area (Å²) in [5.74, 6) is 0.961. The van der Waals surface area contributed by atoms with E-state index in [4.69, 9.17) is 9.47 Å². The van der Waals surface area contributed by atoms with Gasteiger partial charge in [0.15, 0.2) is 0 Å². The average Bonchev–Trinajstić information content (AvgIpc) is 2.58. The average molecular weight is 325 g/mol. The minimum Gasteiger partial charge on any atom is -0.439 e. The van der Waals surface area contributed by atoms with Gasteiger partial charge in [-0.25, -0.2) is 9.37 Å². The molecule has 122 valence electrons. The van der Waals surface area contributed by atoms with Gasteiger partial charge in [-0.3, -0.25) is 0 Å². The largest absolute Gasteiger partial charge is 0.439 e. The molecule has 0 spiro atoms. The first-order chi connectivity index (χ1) is 11.7. The van der Waals surface area contributed by atoms with E-state index in [0.29, 0.717) is 24.2 Å². The summed E-state index contributed by atoms with van der Waals surface area (Å²) in [6.07, 6.45) is 1.59. The van der Waals surface area contributed by atoms with E-state index < -0.39 is 0 Å². The lowest BCUT2D eigenvalue weighted by Gasteiger charge is -2.09. The standard InChI is InChI=1S/C18H16FN3O2/c1-23-12-13-3-2-4-15(11-13)21-18-20-10-9-17(22-18)24-16-7-5-14(19)6-8-16/h2-11H,12H2,1H3,(H,20,21,22). The lowest BCUT2D eigenvalue weighted by molar-refractivity contribution is 0.185. The van der Waals surface area contributed by atoms with Gasteiger partial charge in [-0.2, -0.15) is 4.98 Å². The van der Waals surface area contributed by atoms with Crippen LogP contribution in [-0.2, 0) is 11.3 Å². The summed E-state index contributed by atoms with van der Waals surface area (Å²) in [6, 6.07) is 15.1. The molecule has 0 aliphatic carbocycles. The van der Waals surface area contributed by atoms with Crippen LogP contribution >= 0.6 is 0 Å². The SMILES string of the molecule is COCc1cccc(Nc2nccc(Oc3ccc(F)cc3)n2)c1. The summed E-state index contributed by atoms with van der Waals surface area (Å²) in [5.41, 5.74) is 1.89. The zero-order valence-electron chi connectivity index (χ0n) is 13.1. The third-order valence-electron chi connectivity index (χ3n) is 3.16. The second kappa shape index (κ2) is 7.52. The Labute approximate surface area is 139 Å². The minimum atomic E-state index is -0.316. The van der Waals surface area contributed by atoms with E-state index in [1.165, 1.54) is 12.1 Å². The first-order valence-electron chi connectivity index (χ1n) is 7.34. The highest BCUT2D eigenvalue weighted by Crippen LogP contribution is 2.21. The van der Waals surface area contributed by atoms with Gasteiger partial charge in [-0.1, -0.05) is 12.1 Å². The molecule has 0 fully saturated rings. The van der Waals surface area contributed by atoms with E-state index in [0.717, 1.165) is 11.3 Å². The molecule has 2 aromatic carbocycles. The molecule has 0 atom stereocenters. The smallest absolute Gasteiger partial charge is 0.230 e. The quantitative estimate of drug-likeness (QED) is 0.732. The number of ether oxygens (including phenoxy) is 2. The third-order valence-corrected chi connectivity index (χ3v) is 3.16. The Hall–Kier alpha value is -2.99. The van der Waals surface area contributed by atoms with Crippen molar-refractivity contribution >= 4 is 11.6 Å². The molecule has 0 saturated carbocycles. The van der Waals surface area contributed by atoms with E-state index in [9.17, 15) is 4.39 Å². The van der Waals surface area contributed by atoms with Gasteiger partial charge in [0, 0.05) is 25.1 Å². The van der Waals surface area contributed by atoms with Crippen molar-refractivity contribution in [1.29, 1.82) is 0 Å². The van der Waals surface area contributed by atoms with Crippen LogP contribution < -0.4 is 10.1 Å². The van der Waals surface area contributed by atoms with Gasteiger partial charge in [-0.05, 0) is 42.0 Å². The lowest BCUT2D eigenvalue weighted by Crippen LogP contribution is -1.99. The van der Waals surface area contributed by atoms with Crippen LogP contribution in [0.15, 0.2) is 60.8 Å². The van der Waals surface area contributed by atoms with Crippen LogP contribution in [0.1, 0.15) is 5.56 Å². The number of rotatable bonds is 6. The lowest BCUT2D eigenvalue weighted by atomic mass is 10.2. The highest BCUT2D eigenvalue weighted by molar-refractivity contribution is 5.54.